The molecule has 0 spiro atoms. The average molecular weight is 349 g/mol. The van der Waals surface area contributed by atoms with Crippen molar-refractivity contribution < 1.29 is 4.74 Å². The van der Waals surface area contributed by atoms with Crippen LogP contribution < -0.4 is 9.64 Å². The van der Waals surface area contributed by atoms with Crippen LogP contribution in [0.15, 0.2) is 36.4 Å². The summed E-state index contributed by atoms with van der Waals surface area (Å²) in [7, 11) is 0. The van der Waals surface area contributed by atoms with Crippen molar-refractivity contribution in [3.8, 4) is 5.88 Å². The normalized spacial score (nSPS) is 18.4. The average Bonchev–Trinajstić information content (AvgIpc) is 3.45. The van der Waals surface area contributed by atoms with Crippen molar-refractivity contribution in [2.24, 2.45) is 5.92 Å². The number of benzene rings is 1. The molecule has 5 rings (SSSR count). The lowest BCUT2D eigenvalue weighted by Crippen LogP contribution is -2.36. The second-order valence-electron chi connectivity index (χ2n) is 7.39. The Kier molecular flexibility index (Phi) is 3.96. The Morgan fingerprint density at radius 1 is 1.00 bits per heavy atom. The predicted molar refractivity (Wildman–Crippen MR) is 101 cm³/mol. The van der Waals surface area contributed by atoms with Gasteiger partial charge in [0.25, 0.3) is 0 Å². The van der Waals surface area contributed by atoms with Gasteiger partial charge < -0.3 is 14.6 Å². The van der Waals surface area contributed by atoms with Crippen molar-refractivity contribution >= 4 is 17.0 Å². The van der Waals surface area contributed by atoms with Gasteiger partial charge in [0.15, 0.2) is 0 Å². The maximum Gasteiger partial charge on any atom is 0.233 e. The van der Waals surface area contributed by atoms with E-state index in [1.165, 1.54) is 12.8 Å². The number of H-pyrrole nitrogens is 1. The van der Waals surface area contributed by atoms with Crippen LogP contribution in [0.1, 0.15) is 37.3 Å². The van der Waals surface area contributed by atoms with Crippen molar-refractivity contribution in [2.75, 3.05) is 24.6 Å². The topological polar surface area (TPSA) is 66.9 Å². The molecule has 3 aromatic rings. The van der Waals surface area contributed by atoms with E-state index in [0.717, 1.165) is 48.6 Å². The van der Waals surface area contributed by atoms with Crippen LogP contribution in [-0.4, -0.2) is 39.9 Å². The minimum absolute atomic E-state index is 0.556. The van der Waals surface area contributed by atoms with Crippen molar-refractivity contribution in [3.05, 3.63) is 42.1 Å². The molecule has 0 atom stereocenters. The van der Waals surface area contributed by atoms with Gasteiger partial charge in [-0.15, -0.1) is 5.10 Å². The maximum absolute atomic E-state index is 5.87. The minimum atomic E-state index is 0.556. The summed E-state index contributed by atoms with van der Waals surface area (Å²) in [6.07, 6.45) is 4.70. The predicted octanol–water partition coefficient (Wildman–Crippen LogP) is 3.53. The number of rotatable bonds is 5. The zero-order valence-corrected chi connectivity index (χ0v) is 14.8. The number of aromatic nitrogens is 4. The quantitative estimate of drug-likeness (QED) is 0.763. The molecule has 2 fully saturated rings. The SMILES string of the molecule is c1ccc2[nH]c(N3CCC(COc4ccc(C5CC5)nn4)CC3)nc2c1. The lowest BCUT2D eigenvalue weighted by atomic mass is 9.98. The largest absolute Gasteiger partial charge is 0.476 e. The van der Waals surface area contributed by atoms with E-state index in [1.54, 1.807) is 0 Å². The Bertz CT molecular complexity index is 846. The molecule has 0 unspecified atom stereocenters. The second kappa shape index (κ2) is 6.59. The first-order valence-corrected chi connectivity index (χ1v) is 9.51. The number of piperidine rings is 1. The number of nitrogens with one attached hydrogen (secondary N) is 1. The number of ether oxygens (including phenoxy) is 1. The highest BCUT2D eigenvalue weighted by molar-refractivity contribution is 5.77. The van der Waals surface area contributed by atoms with Crippen LogP contribution in [0.25, 0.3) is 11.0 Å². The van der Waals surface area contributed by atoms with Gasteiger partial charge in [-0.25, -0.2) is 4.98 Å². The number of hydrogen-bond donors (Lipinski definition) is 1. The molecule has 1 saturated carbocycles. The van der Waals surface area contributed by atoms with Crippen molar-refractivity contribution in [3.63, 3.8) is 0 Å². The first kappa shape index (κ1) is 15.6. The Morgan fingerprint density at radius 3 is 2.58 bits per heavy atom. The van der Waals surface area contributed by atoms with Crippen molar-refractivity contribution in [1.82, 2.24) is 20.2 Å². The third-order valence-electron chi connectivity index (χ3n) is 5.41. The molecule has 2 aliphatic rings. The van der Waals surface area contributed by atoms with Gasteiger partial charge in [0.05, 0.1) is 23.3 Å². The fraction of sp³-hybridized carbons (Fsp3) is 0.450. The fourth-order valence-electron chi connectivity index (χ4n) is 3.61. The van der Waals surface area contributed by atoms with Gasteiger partial charge >= 0.3 is 0 Å². The highest BCUT2D eigenvalue weighted by atomic mass is 16.5. The van der Waals surface area contributed by atoms with Crippen LogP contribution in [-0.2, 0) is 0 Å². The van der Waals surface area contributed by atoms with Gasteiger partial charge in [-0.1, -0.05) is 12.1 Å². The number of imidazole rings is 1. The first-order valence-electron chi connectivity index (χ1n) is 9.51. The summed E-state index contributed by atoms with van der Waals surface area (Å²) in [4.78, 5) is 10.5. The summed E-state index contributed by atoms with van der Waals surface area (Å²) < 4.78 is 5.87. The molecule has 1 aliphatic heterocycles. The Morgan fingerprint density at radius 2 is 1.85 bits per heavy atom. The molecular weight excluding hydrogens is 326 g/mol. The van der Waals surface area contributed by atoms with E-state index in [2.05, 4.69) is 32.2 Å². The lowest BCUT2D eigenvalue weighted by Gasteiger charge is -2.31. The molecular formula is C20H23N5O. The second-order valence-corrected chi connectivity index (χ2v) is 7.39. The molecule has 1 N–H and O–H groups in total. The van der Waals surface area contributed by atoms with Crippen LogP contribution in [0.4, 0.5) is 5.95 Å². The third kappa shape index (κ3) is 3.23. The van der Waals surface area contributed by atoms with Gasteiger partial charge in [0.1, 0.15) is 0 Å². The van der Waals surface area contributed by atoms with Gasteiger partial charge in [-0.2, -0.15) is 5.10 Å². The van der Waals surface area contributed by atoms with E-state index < -0.39 is 0 Å². The Labute approximate surface area is 152 Å². The number of fused-ring (bicyclic) bond motifs is 1. The molecule has 6 nitrogen and oxygen atoms in total. The number of aromatic amines is 1. The number of nitrogens with zero attached hydrogens (tertiary/aromatic N) is 4. The molecule has 1 saturated heterocycles. The molecule has 1 aromatic carbocycles. The third-order valence-corrected chi connectivity index (χ3v) is 5.41. The van der Waals surface area contributed by atoms with E-state index in [4.69, 9.17) is 9.72 Å². The molecule has 2 aromatic heterocycles. The first-order chi connectivity index (χ1) is 12.8. The molecule has 6 heteroatoms. The zero-order chi connectivity index (χ0) is 17.3. The highest BCUT2D eigenvalue weighted by Gasteiger charge is 2.25. The van der Waals surface area contributed by atoms with Crippen LogP contribution >= 0.6 is 0 Å². The van der Waals surface area contributed by atoms with Crippen LogP contribution in [0.5, 0.6) is 5.88 Å². The van der Waals surface area contributed by atoms with Gasteiger partial charge in [-0.05, 0) is 49.8 Å². The van der Waals surface area contributed by atoms with Crippen LogP contribution in [0, 0.1) is 5.92 Å². The summed E-state index contributed by atoms with van der Waals surface area (Å²) in [5.41, 5.74) is 3.24. The highest BCUT2D eigenvalue weighted by Crippen LogP contribution is 2.38. The van der Waals surface area contributed by atoms with Gasteiger partial charge in [-0.3, -0.25) is 0 Å². The monoisotopic (exact) mass is 349 g/mol. The van der Waals surface area contributed by atoms with E-state index in [0.29, 0.717) is 24.3 Å². The lowest BCUT2D eigenvalue weighted by molar-refractivity contribution is 0.214. The van der Waals surface area contributed by atoms with E-state index in [-0.39, 0.29) is 0 Å². The molecule has 3 heterocycles. The maximum atomic E-state index is 5.87. The van der Waals surface area contributed by atoms with Crippen LogP contribution in [0.2, 0.25) is 0 Å². The molecule has 0 bridgehead atoms. The summed E-state index contributed by atoms with van der Waals surface area (Å²) in [5, 5.41) is 8.49. The number of para-hydroxylation sites is 2. The molecule has 0 amide bonds. The molecule has 1 aliphatic carbocycles. The number of anilines is 1. The van der Waals surface area contributed by atoms with E-state index in [9.17, 15) is 0 Å². The molecule has 134 valence electrons. The molecule has 0 radical (unpaired) electrons. The standard InChI is InChI=1S/C20H23N5O/c1-2-4-18-17(3-1)21-20(22-18)25-11-9-14(10-12-25)13-26-19-8-7-16(23-24-19)15-5-6-15/h1-4,7-8,14-15H,5-6,9-13H2,(H,21,22). The van der Waals surface area contributed by atoms with Crippen molar-refractivity contribution in [1.29, 1.82) is 0 Å². The van der Waals surface area contributed by atoms with Crippen LogP contribution in [0.3, 0.4) is 0 Å². The zero-order valence-electron chi connectivity index (χ0n) is 14.8. The Balaban J connectivity index is 1.14. The minimum Gasteiger partial charge on any atom is -0.476 e. The van der Waals surface area contributed by atoms with E-state index >= 15 is 0 Å². The van der Waals surface area contributed by atoms with Gasteiger partial charge in [0.2, 0.25) is 11.8 Å². The number of hydrogen-bond acceptors (Lipinski definition) is 5. The summed E-state index contributed by atoms with van der Waals surface area (Å²) in [6.45, 7) is 2.71. The summed E-state index contributed by atoms with van der Waals surface area (Å²) in [5.74, 6) is 2.82. The Hall–Kier alpha value is -2.63. The summed E-state index contributed by atoms with van der Waals surface area (Å²) in [6, 6.07) is 12.2. The smallest absolute Gasteiger partial charge is 0.233 e. The summed E-state index contributed by atoms with van der Waals surface area (Å²) >= 11 is 0. The molecule has 26 heavy (non-hydrogen) atoms. The van der Waals surface area contributed by atoms with E-state index in [1.807, 2.05) is 24.3 Å². The van der Waals surface area contributed by atoms with Crippen molar-refractivity contribution in [2.45, 2.75) is 31.6 Å². The fourth-order valence-corrected chi connectivity index (χ4v) is 3.61. The van der Waals surface area contributed by atoms with Gasteiger partial charge in [0, 0.05) is 25.1 Å².